The van der Waals surface area contributed by atoms with Gasteiger partial charge in [-0.05, 0) is 45.0 Å². The summed E-state index contributed by atoms with van der Waals surface area (Å²) in [4.78, 5) is 26.6. The number of rotatable bonds is 3. The number of benzene rings is 2. The normalized spacial score (nSPS) is 15.7. The van der Waals surface area contributed by atoms with Gasteiger partial charge in [0.2, 0.25) is 5.91 Å². The van der Waals surface area contributed by atoms with E-state index in [9.17, 15) is 22.8 Å². The van der Waals surface area contributed by atoms with Crippen molar-refractivity contribution < 1.29 is 27.5 Å². The van der Waals surface area contributed by atoms with Crippen LogP contribution in [0, 0.1) is 5.41 Å². The van der Waals surface area contributed by atoms with Crippen LogP contribution in [0.4, 0.5) is 35.0 Å². The quantitative estimate of drug-likeness (QED) is 0.723. The zero-order valence-corrected chi connectivity index (χ0v) is 16.8. The predicted octanol–water partition coefficient (Wildman–Crippen LogP) is 5.12. The van der Waals surface area contributed by atoms with E-state index in [-0.39, 0.29) is 18.2 Å². The molecule has 0 saturated heterocycles. The molecule has 0 unspecified atom stereocenters. The van der Waals surface area contributed by atoms with Gasteiger partial charge in [0.05, 0.1) is 22.4 Å². The van der Waals surface area contributed by atoms with Crippen molar-refractivity contribution in [3.8, 4) is 5.75 Å². The molecular weight excluding hydrogens is 399 g/mol. The highest BCUT2D eigenvalue weighted by Gasteiger charge is 2.37. The van der Waals surface area contributed by atoms with Gasteiger partial charge in [-0.3, -0.25) is 4.79 Å². The van der Waals surface area contributed by atoms with Gasteiger partial charge in [0.25, 0.3) is 0 Å². The number of halogens is 3. The van der Waals surface area contributed by atoms with Crippen LogP contribution in [0.2, 0.25) is 0 Å². The largest absolute Gasteiger partial charge is 0.490 e. The van der Waals surface area contributed by atoms with E-state index in [0.717, 1.165) is 6.07 Å². The summed E-state index contributed by atoms with van der Waals surface area (Å²) in [5, 5.41) is 4.73. The van der Waals surface area contributed by atoms with Gasteiger partial charge in [-0.25, -0.2) is 4.79 Å². The summed E-state index contributed by atoms with van der Waals surface area (Å²) in [6.45, 7) is 6.02. The first-order chi connectivity index (χ1) is 14.0. The third-order valence-electron chi connectivity index (χ3n) is 4.72. The highest BCUT2D eigenvalue weighted by Crippen LogP contribution is 2.38. The highest BCUT2D eigenvalue weighted by atomic mass is 19.4. The van der Waals surface area contributed by atoms with Gasteiger partial charge < -0.3 is 20.3 Å². The number of nitrogens with zero attached hydrogens (tertiary/aromatic N) is 1. The van der Waals surface area contributed by atoms with Gasteiger partial charge in [-0.15, -0.1) is 0 Å². The van der Waals surface area contributed by atoms with Gasteiger partial charge in [-0.1, -0.05) is 12.1 Å². The Morgan fingerprint density at radius 3 is 2.53 bits per heavy atom. The van der Waals surface area contributed by atoms with Crippen LogP contribution >= 0.6 is 0 Å². The Kier molecular flexibility index (Phi) is 5.65. The fourth-order valence-electron chi connectivity index (χ4n) is 3.16. The van der Waals surface area contributed by atoms with Gasteiger partial charge in [-0.2, -0.15) is 13.2 Å². The Morgan fingerprint density at radius 1 is 1.17 bits per heavy atom. The number of urea groups is 1. The van der Waals surface area contributed by atoms with Crippen LogP contribution in [0.3, 0.4) is 0 Å². The molecule has 3 rings (SSSR count). The maximum Gasteiger partial charge on any atom is 0.418 e. The lowest BCUT2D eigenvalue weighted by Crippen LogP contribution is -2.42. The molecule has 1 aliphatic heterocycles. The molecule has 6 nitrogen and oxygen atoms in total. The number of hydrogen-bond donors (Lipinski definition) is 2. The fourth-order valence-corrected chi connectivity index (χ4v) is 3.16. The molecule has 1 aliphatic rings. The summed E-state index contributed by atoms with van der Waals surface area (Å²) < 4.78 is 45.1. The maximum absolute atomic E-state index is 13.1. The third kappa shape index (κ3) is 4.34. The van der Waals surface area contributed by atoms with Gasteiger partial charge >= 0.3 is 12.2 Å². The topological polar surface area (TPSA) is 70.7 Å². The molecule has 9 heteroatoms. The molecule has 0 bridgehead atoms. The molecule has 3 amide bonds. The van der Waals surface area contributed by atoms with Crippen LogP contribution in [-0.4, -0.2) is 25.1 Å². The van der Waals surface area contributed by atoms with Crippen LogP contribution in [0.1, 0.15) is 26.3 Å². The summed E-state index contributed by atoms with van der Waals surface area (Å²) >= 11 is 0. The first-order valence-electron chi connectivity index (χ1n) is 9.36. The molecule has 0 radical (unpaired) electrons. The standard InChI is InChI=1S/C21H22F3N3O3/c1-4-27-16-10-9-13(11-17(16)30-12-20(2,3)18(27)28)25-19(29)26-15-8-6-5-7-14(15)21(22,23)24/h5-11H,4,12H2,1-3H3,(H2,25,26,29). The number of fused-ring (bicyclic) bond motifs is 1. The van der Waals surface area contributed by atoms with Gasteiger partial charge in [0, 0.05) is 18.3 Å². The number of nitrogens with one attached hydrogen (secondary N) is 2. The minimum atomic E-state index is -4.59. The molecule has 1 heterocycles. The van der Waals surface area contributed by atoms with Gasteiger partial charge in [0.15, 0.2) is 0 Å². The fraction of sp³-hybridized carbons (Fsp3) is 0.333. The van der Waals surface area contributed by atoms with E-state index < -0.39 is 23.2 Å². The van der Waals surface area contributed by atoms with Crippen molar-refractivity contribution in [2.24, 2.45) is 5.41 Å². The number of anilines is 3. The Labute approximate surface area is 172 Å². The van der Waals surface area contributed by atoms with E-state index in [2.05, 4.69) is 10.6 Å². The molecule has 0 saturated carbocycles. The summed E-state index contributed by atoms with van der Waals surface area (Å²) in [5.74, 6) is 0.329. The summed E-state index contributed by atoms with van der Waals surface area (Å²) in [6.07, 6.45) is -4.59. The van der Waals surface area contributed by atoms with Gasteiger partial charge in [0.1, 0.15) is 12.4 Å². The zero-order valence-electron chi connectivity index (χ0n) is 16.8. The lowest BCUT2D eigenvalue weighted by molar-refractivity contribution is -0.137. The van der Waals surface area contributed by atoms with Crippen molar-refractivity contribution in [3.63, 3.8) is 0 Å². The number of amides is 3. The second-order valence-electron chi connectivity index (χ2n) is 7.53. The minimum Gasteiger partial charge on any atom is -0.490 e. The Morgan fingerprint density at radius 2 is 1.87 bits per heavy atom. The van der Waals surface area contributed by atoms with Crippen LogP contribution in [0.25, 0.3) is 0 Å². The summed E-state index contributed by atoms with van der Waals surface area (Å²) in [7, 11) is 0. The Hall–Kier alpha value is -3.23. The lowest BCUT2D eigenvalue weighted by Gasteiger charge is -2.26. The number of alkyl halides is 3. The molecule has 0 spiro atoms. The molecule has 0 atom stereocenters. The zero-order chi connectivity index (χ0) is 22.1. The van der Waals surface area contributed by atoms with E-state index in [1.54, 1.807) is 36.9 Å². The molecule has 2 aromatic rings. The SMILES string of the molecule is CCN1C(=O)C(C)(C)COc2cc(NC(=O)Nc3ccccc3C(F)(F)F)ccc21. The van der Waals surface area contributed by atoms with E-state index in [4.69, 9.17) is 4.74 Å². The molecule has 30 heavy (non-hydrogen) atoms. The summed E-state index contributed by atoms with van der Waals surface area (Å²) in [5.41, 5.74) is -1.12. The van der Waals surface area contributed by atoms with Crippen molar-refractivity contribution >= 4 is 29.0 Å². The summed E-state index contributed by atoms with van der Waals surface area (Å²) in [6, 6.07) is 8.63. The van der Waals surface area contributed by atoms with E-state index in [0.29, 0.717) is 23.7 Å². The molecular formula is C21H22F3N3O3. The van der Waals surface area contributed by atoms with Crippen molar-refractivity contribution in [2.75, 3.05) is 28.7 Å². The predicted molar refractivity (Wildman–Crippen MR) is 108 cm³/mol. The van der Waals surface area contributed by atoms with Crippen molar-refractivity contribution in [1.29, 1.82) is 0 Å². The second-order valence-corrected chi connectivity index (χ2v) is 7.53. The van der Waals surface area contributed by atoms with Crippen LogP contribution in [-0.2, 0) is 11.0 Å². The lowest BCUT2D eigenvalue weighted by atomic mass is 9.93. The average molecular weight is 421 g/mol. The van der Waals surface area contributed by atoms with Crippen LogP contribution in [0.15, 0.2) is 42.5 Å². The monoisotopic (exact) mass is 421 g/mol. The number of hydrogen-bond acceptors (Lipinski definition) is 3. The smallest absolute Gasteiger partial charge is 0.418 e. The number of carbonyl (C=O) groups excluding carboxylic acids is 2. The van der Waals surface area contributed by atoms with Crippen molar-refractivity contribution in [2.45, 2.75) is 26.9 Å². The van der Waals surface area contributed by atoms with Crippen LogP contribution < -0.4 is 20.3 Å². The Bertz CT molecular complexity index is 973. The first-order valence-corrected chi connectivity index (χ1v) is 9.36. The van der Waals surface area contributed by atoms with E-state index in [1.165, 1.54) is 18.2 Å². The Balaban J connectivity index is 1.81. The first kappa shape index (κ1) is 21.5. The molecule has 0 fully saturated rings. The average Bonchev–Trinajstić information content (AvgIpc) is 2.76. The molecule has 0 aliphatic carbocycles. The van der Waals surface area contributed by atoms with Crippen molar-refractivity contribution in [3.05, 3.63) is 48.0 Å². The number of ether oxygens (including phenoxy) is 1. The maximum atomic E-state index is 13.1. The molecule has 0 aromatic heterocycles. The number of para-hydroxylation sites is 1. The molecule has 2 aromatic carbocycles. The third-order valence-corrected chi connectivity index (χ3v) is 4.72. The highest BCUT2D eigenvalue weighted by molar-refractivity contribution is 6.02. The second kappa shape index (κ2) is 7.89. The van der Waals surface area contributed by atoms with Crippen molar-refractivity contribution in [1.82, 2.24) is 0 Å². The minimum absolute atomic E-state index is 0.0778. The molecule has 2 N–H and O–H groups in total. The van der Waals surface area contributed by atoms with E-state index in [1.807, 2.05) is 6.92 Å². The molecule has 160 valence electrons. The van der Waals surface area contributed by atoms with E-state index >= 15 is 0 Å². The number of carbonyl (C=O) groups is 2. The van der Waals surface area contributed by atoms with Crippen LogP contribution in [0.5, 0.6) is 5.75 Å².